The Bertz CT molecular complexity index is 638. The zero-order chi connectivity index (χ0) is 14.9. The second kappa shape index (κ2) is 5.73. The standard InChI is InChI=1S/C15H17ClFN3O/c16-12-8-10(17)4-5-11(12)14-19-13(21-20-14)9-15(18)6-2-1-3-7-15/h4-5,8H,1-3,6-7,9,18H2. The normalized spacial score (nSPS) is 17.9. The van der Waals surface area contributed by atoms with Crippen molar-refractivity contribution in [1.82, 2.24) is 10.1 Å². The van der Waals surface area contributed by atoms with E-state index in [2.05, 4.69) is 10.1 Å². The van der Waals surface area contributed by atoms with Gasteiger partial charge in [0, 0.05) is 17.5 Å². The predicted octanol–water partition coefficient (Wildman–Crippen LogP) is 3.73. The fourth-order valence-corrected chi connectivity index (χ4v) is 3.09. The van der Waals surface area contributed by atoms with Crippen molar-refractivity contribution in [2.24, 2.45) is 5.73 Å². The molecule has 2 aromatic rings. The molecule has 112 valence electrons. The molecule has 0 saturated heterocycles. The summed E-state index contributed by atoms with van der Waals surface area (Å²) >= 11 is 6.01. The molecule has 0 aliphatic heterocycles. The van der Waals surface area contributed by atoms with Crippen molar-refractivity contribution in [2.75, 3.05) is 0 Å². The molecule has 0 amide bonds. The molecular weight excluding hydrogens is 293 g/mol. The minimum absolute atomic E-state index is 0.255. The lowest BCUT2D eigenvalue weighted by Crippen LogP contribution is -2.43. The molecule has 0 spiro atoms. The van der Waals surface area contributed by atoms with Crippen LogP contribution >= 0.6 is 11.6 Å². The van der Waals surface area contributed by atoms with Crippen molar-refractivity contribution in [3.63, 3.8) is 0 Å². The molecule has 1 aliphatic carbocycles. The fraction of sp³-hybridized carbons (Fsp3) is 0.467. The monoisotopic (exact) mass is 309 g/mol. The zero-order valence-corrected chi connectivity index (χ0v) is 12.4. The van der Waals surface area contributed by atoms with Crippen molar-refractivity contribution in [1.29, 1.82) is 0 Å². The van der Waals surface area contributed by atoms with Gasteiger partial charge in [0.1, 0.15) is 5.82 Å². The molecule has 1 saturated carbocycles. The van der Waals surface area contributed by atoms with Crippen molar-refractivity contribution < 1.29 is 8.91 Å². The first-order valence-corrected chi connectivity index (χ1v) is 7.50. The third kappa shape index (κ3) is 3.24. The van der Waals surface area contributed by atoms with Crippen LogP contribution in [0.1, 0.15) is 38.0 Å². The van der Waals surface area contributed by atoms with Gasteiger partial charge in [-0.2, -0.15) is 4.98 Å². The fourth-order valence-electron chi connectivity index (χ4n) is 2.84. The molecule has 1 aliphatic rings. The van der Waals surface area contributed by atoms with E-state index in [0.29, 0.717) is 23.7 Å². The Labute approximate surface area is 127 Å². The lowest BCUT2D eigenvalue weighted by atomic mass is 9.80. The molecule has 1 heterocycles. The second-order valence-corrected chi connectivity index (χ2v) is 6.14. The minimum Gasteiger partial charge on any atom is -0.339 e. The molecule has 21 heavy (non-hydrogen) atoms. The van der Waals surface area contributed by atoms with Gasteiger partial charge in [-0.15, -0.1) is 0 Å². The number of rotatable bonds is 3. The van der Waals surface area contributed by atoms with Crippen LogP contribution in [0.3, 0.4) is 0 Å². The summed E-state index contributed by atoms with van der Waals surface area (Å²) in [6.07, 6.45) is 6.03. The second-order valence-electron chi connectivity index (χ2n) is 5.74. The first kappa shape index (κ1) is 14.5. The number of aromatic nitrogens is 2. The molecule has 0 bridgehead atoms. The SMILES string of the molecule is NC1(Cc2nc(-c3ccc(F)cc3Cl)no2)CCCCC1. The summed E-state index contributed by atoms with van der Waals surface area (Å²) < 4.78 is 18.3. The molecule has 1 fully saturated rings. The van der Waals surface area contributed by atoms with Gasteiger partial charge < -0.3 is 10.3 Å². The van der Waals surface area contributed by atoms with Crippen molar-refractivity contribution in [3.05, 3.63) is 34.9 Å². The van der Waals surface area contributed by atoms with Gasteiger partial charge in [0.15, 0.2) is 0 Å². The molecule has 0 radical (unpaired) electrons. The molecule has 3 rings (SSSR count). The van der Waals surface area contributed by atoms with Crippen LogP contribution in [-0.2, 0) is 6.42 Å². The number of hydrogen-bond donors (Lipinski definition) is 1. The van der Waals surface area contributed by atoms with Crippen LogP contribution in [-0.4, -0.2) is 15.7 Å². The summed E-state index contributed by atoms with van der Waals surface area (Å²) in [5, 5.41) is 4.19. The molecule has 2 N–H and O–H groups in total. The van der Waals surface area contributed by atoms with E-state index in [4.69, 9.17) is 21.9 Å². The Morgan fingerprint density at radius 1 is 1.29 bits per heavy atom. The van der Waals surface area contributed by atoms with Crippen molar-refractivity contribution in [2.45, 2.75) is 44.1 Å². The summed E-state index contributed by atoms with van der Waals surface area (Å²) in [6.45, 7) is 0. The highest BCUT2D eigenvalue weighted by Gasteiger charge is 2.30. The van der Waals surface area contributed by atoms with Gasteiger partial charge in [-0.25, -0.2) is 4.39 Å². The first-order chi connectivity index (χ1) is 10.1. The zero-order valence-electron chi connectivity index (χ0n) is 11.6. The van der Waals surface area contributed by atoms with E-state index in [1.54, 1.807) is 6.07 Å². The van der Waals surface area contributed by atoms with E-state index in [0.717, 1.165) is 25.7 Å². The van der Waals surface area contributed by atoms with E-state index in [9.17, 15) is 4.39 Å². The summed E-state index contributed by atoms with van der Waals surface area (Å²) in [5.41, 5.74) is 6.69. The maximum Gasteiger partial charge on any atom is 0.228 e. The first-order valence-electron chi connectivity index (χ1n) is 7.13. The Balaban J connectivity index is 1.80. The van der Waals surface area contributed by atoms with Crippen molar-refractivity contribution in [3.8, 4) is 11.4 Å². The number of halogens is 2. The number of nitrogens with zero attached hydrogens (tertiary/aromatic N) is 2. The van der Waals surface area contributed by atoms with E-state index >= 15 is 0 Å². The number of hydrogen-bond acceptors (Lipinski definition) is 4. The number of benzene rings is 1. The lowest BCUT2D eigenvalue weighted by molar-refractivity contribution is 0.261. The predicted molar refractivity (Wildman–Crippen MR) is 78.4 cm³/mol. The van der Waals surface area contributed by atoms with Gasteiger partial charge in [0.05, 0.1) is 5.02 Å². The van der Waals surface area contributed by atoms with Gasteiger partial charge in [-0.1, -0.05) is 36.0 Å². The molecular formula is C15H17ClFN3O. The number of nitrogens with two attached hydrogens (primary N) is 1. The minimum atomic E-state index is -0.393. The van der Waals surface area contributed by atoms with Crippen LogP contribution in [0.2, 0.25) is 5.02 Å². The largest absolute Gasteiger partial charge is 0.339 e. The van der Waals surface area contributed by atoms with E-state index in [-0.39, 0.29) is 10.6 Å². The van der Waals surface area contributed by atoms with Gasteiger partial charge in [-0.3, -0.25) is 0 Å². The molecule has 1 aromatic carbocycles. The summed E-state index contributed by atoms with van der Waals surface area (Å²) in [6, 6.07) is 4.10. The molecule has 0 atom stereocenters. The van der Waals surface area contributed by atoms with Crippen LogP contribution in [0.4, 0.5) is 4.39 Å². The highest BCUT2D eigenvalue weighted by molar-refractivity contribution is 6.33. The maximum atomic E-state index is 13.1. The van der Waals surface area contributed by atoms with Gasteiger partial charge in [0.2, 0.25) is 11.7 Å². The Hall–Kier alpha value is -1.46. The third-order valence-electron chi connectivity index (χ3n) is 3.99. The van der Waals surface area contributed by atoms with Gasteiger partial charge in [0.25, 0.3) is 0 Å². The van der Waals surface area contributed by atoms with Gasteiger partial charge >= 0.3 is 0 Å². The average molecular weight is 310 g/mol. The van der Waals surface area contributed by atoms with E-state index in [1.807, 2.05) is 0 Å². The topological polar surface area (TPSA) is 64.9 Å². The molecule has 0 unspecified atom stereocenters. The summed E-state index contributed by atoms with van der Waals surface area (Å²) in [5.74, 6) is 0.486. The van der Waals surface area contributed by atoms with Crippen LogP contribution in [0.15, 0.2) is 22.7 Å². The van der Waals surface area contributed by atoms with Crippen LogP contribution in [0.5, 0.6) is 0 Å². The van der Waals surface area contributed by atoms with E-state index in [1.165, 1.54) is 18.6 Å². The lowest BCUT2D eigenvalue weighted by Gasteiger charge is -2.31. The highest BCUT2D eigenvalue weighted by Crippen LogP contribution is 2.30. The third-order valence-corrected chi connectivity index (χ3v) is 4.31. The molecule has 6 heteroatoms. The molecule has 4 nitrogen and oxygen atoms in total. The quantitative estimate of drug-likeness (QED) is 0.938. The molecule has 1 aromatic heterocycles. The van der Waals surface area contributed by atoms with E-state index < -0.39 is 5.82 Å². The summed E-state index contributed by atoms with van der Waals surface area (Å²) in [7, 11) is 0. The average Bonchev–Trinajstić information content (AvgIpc) is 2.87. The van der Waals surface area contributed by atoms with Crippen molar-refractivity contribution >= 4 is 11.6 Å². The van der Waals surface area contributed by atoms with Crippen LogP contribution in [0.25, 0.3) is 11.4 Å². The smallest absolute Gasteiger partial charge is 0.228 e. The van der Waals surface area contributed by atoms with Gasteiger partial charge in [-0.05, 0) is 31.0 Å². The maximum absolute atomic E-state index is 13.1. The summed E-state index contributed by atoms with van der Waals surface area (Å²) in [4.78, 5) is 4.35. The van der Waals surface area contributed by atoms with Crippen LogP contribution < -0.4 is 5.73 Å². The Kier molecular flexibility index (Phi) is 3.95. The highest BCUT2D eigenvalue weighted by atomic mass is 35.5. The Morgan fingerprint density at radius 2 is 2.05 bits per heavy atom. The Morgan fingerprint density at radius 3 is 2.76 bits per heavy atom. The van der Waals surface area contributed by atoms with Crippen LogP contribution in [0, 0.1) is 5.82 Å².